The number of hydrogen-bond donors (Lipinski definition) is 0. The van der Waals surface area contributed by atoms with Crippen LogP contribution < -0.4 is 0 Å². The molecule has 6 aromatic carbocycles. The Bertz CT molecular complexity index is 2780. The van der Waals surface area contributed by atoms with Crippen LogP contribution in [-0.2, 0) is 12.4 Å². The Morgan fingerprint density at radius 2 is 0.800 bits per heavy atom. The lowest BCUT2D eigenvalue weighted by Crippen LogP contribution is -2.05. The molecule has 50 heavy (non-hydrogen) atoms. The molecule has 0 unspecified atom stereocenters. The molecule has 0 saturated heterocycles. The van der Waals surface area contributed by atoms with Crippen LogP contribution in [0.4, 0.5) is 26.3 Å². The molecule has 4 nitrogen and oxygen atoms in total. The second-order valence-electron chi connectivity index (χ2n) is 12.5. The molecule has 10 rings (SSSR count). The summed E-state index contributed by atoms with van der Waals surface area (Å²) in [7, 11) is 0. The summed E-state index contributed by atoms with van der Waals surface area (Å²) in [6.07, 6.45) is -1.97. The minimum absolute atomic E-state index is 0.599. The van der Waals surface area contributed by atoms with Crippen molar-refractivity contribution in [1.82, 2.24) is 19.1 Å². The standard InChI is InChI=1S/C40H20F6N4/c41-39(42,43)23-3-7-25(8-4-23)49-32-14-16-48-20-30(32)38-28-12-2-22-18-34-37(27-11-1-21(17-33(38)49)35(28)36(22)27)29-19-47-15-13-31(29)50(34)26-9-5-24(6-10-26)40(44,45)46/h1-20H. The van der Waals surface area contributed by atoms with Crippen LogP contribution in [0.25, 0.3) is 87.3 Å². The number of aromatic nitrogens is 4. The molecule has 0 bridgehead atoms. The van der Waals surface area contributed by atoms with Crippen molar-refractivity contribution in [2.24, 2.45) is 0 Å². The van der Waals surface area contributed by atoms with Gasteiger partial charge in [0.1, 0.15) is 0 Å². The molecule has 10 heteroatoms. The molecule has 0 N–H and O–H groups in total. The lowest BCUT2D eigenvalue weighted by atomic mass is 9.90. The molecule has 0 atom stereocenters. The molecule has 242 valence electrons. The largest absolute Gasteiger partial charge is 0.416 e. The molecule has 0 fully saturated rings. The summed E-state index contributed by atoms with van der Waals surface area (Å²) in [5.74, 6) is 0. The number of rotatable bonds is 2. The van der Waals surface area contributed by atoms with Gasteiger partial charge < -0.3 is 9.13 Å². The number of fused-ring (bicyclic) bond motifs is 8. The maximum atomic E-state index is 13.4. The van der Waals surface area contributed by atoms with Gasteiger partial charge in [0, 0.05) is 57.7 Å². The Morgan fingerprint density at radius 3 is 1.18 bits per heavy atom. The molecule has 10 aromatic rings. The predicted octanol–water partition coefficient (Wildman–Crippen LogP) is 11.6. The first-order valence-electron chi connectivity index (χ1n) is 15.7. The van der Waals surface area contributed by atoms with Crippen molar-refractivity contribution in [1.29, 1.82) is 0 Å². The first kappa shape index (κ1) is 28.8. The number of nitrogens with zero attached hydrogens (tertiary/aromatic N) is 4. The van der Waals surface area contributed by atoms with Crippen LogP contribution in [0.5, 0.6) is 0 Å². The maximum absolute atomic E-state index is 13.4. The van der Waals surface area contributed by atoms with E-state index in [9.17, 15) is 26.3 Å². The SMILES string of the molecule is FC(F)(F)c1ccc(-n2c3ccncc3c3c4ccc5cc6c(c7ccc(cc32)c4c57)c2cnccc2n6-c2ccc(C(F)(F)F)cc2)cc1. The first-order valence-corrected chi connectivity index (χ1v) is 15.7. The monoisotopic (exact) mass is 670 g/mol. The van der Waals surface area contributed by atoms with Crippen molar-refractivity contribution in [2.75, 3.05) is 0 Å². The molecular weight excluding hydrogens is 650 g/mol. The fourth-order valence-corrected chi connectivity index (χ4v) is 7.80. The molecule has 0 radical (unpaired) electrons. The summed E-state index contributed by atoms with van der Waals surface area (Å²) in [6.45, 7) is 0. The molecule has 4 aromatic heterocycles. The van der Waals surface area contributed by atoms with Crippen LogP contribution in [0.2, 0.25) is 0 Å². The molecule has 0 aliphatic heterocycles. The van der Waals surface area contributed by atoms with Gasteiger partial charge >= 0.3 is 12.4 Å². The predicted molar refractivity (Wildman–Crippen MR) is 184 cm³/mol. The normalized spacial score (nSPS) is 13.0. The zero-order valence-corrected chi connectivity index (χ0v) is 25.6. The van der Waals surface area contributed by atoms with Crippen molar-refractivity contribution < 1.29 is 26.3 Å². The third-order valence-electron chi connectivity index (χ3n) is 9.86. The number of alkyl halides is 6. The Balaban J connectivity index is 1.29. The molecule has 0 spiro atoms. The van der Waals surface area contributed by atoms with E-state index >= 15 is 0 Å². The molecular formula is C40H20F6N4. The summed E-state index contributed by atoms with van der Waals surface area (Å²) < 4.78 is 84.6. The van der Waals surface area contributed by atoms with Crippen LogP contribution in [0, 0.1) is 0 Å². The third kappa shape index (κ3) is 3.90. The van der Waals surface area contributed by atoms with Gasteiger partial charge in [-0.3, -0.25) is 9.97 Å². The van der Waals surface area contributed by atoms with Gasteiger partial charge in [0.2, 0.25) is 0 Å². The Morgan fingerprint density at radius 1 is 0.400 bits per heavy atom. The Hall–Kier alpha value is -6.16. The quantitative estimate of drug-likeness (QED) is 0.136. The van der Waals surface area contributed by atoms with E-state index in [0.717, 1.165) is 100 Å². The molecule has 0 saturated carbocycles. The van der Waals surface area contributed by atoms with Crippen molar-refractivity contribution in [3.8, 4) is 11.4 Å². The van der Waals surface area contributed by atoms with E-state index in [2.05, 4.69) is 34.2 Å². The van der Waals surface area contributed by atoms with Crippen LogP contribution >= 0.6 is 0 Å². The summed E-state index contributed by atoms with van der Waals surface area (Å²) in [5.41, 5.74) is 3.08. The van der Waals surface area contributed by atoms with Crippen LogP contribution in [0.1, 0.15) is 11.1 Å². The summed E-state index contributed by atoms with van der Waals surface area (Å²) in [4.78, 5) is 8.83. The minimum atomic E-state index is -4.45. The van der Waals surface area contributed by atoms with Crippen LogP contribution in [-0.4, -0.2) is 19.1 Å². The van der Waals surface area contributed by atoms with E-state index in [4.69, 9.17) is 0 Å². The van der Waals surface area contributed by atoms with E-state index in [-0.39, 0.29) is 0 Å². The van der Waals surface area contributed by atoms with Gasteiger partial charge in [0.15, 0.2) is 0 Å². The fourth-order valence-electron chi connectivity index (χ4n) is 7.80. The zero-order valence-electron chi connectivity index (χ0n) is 25.6. The van der Waals surface area contributed by atoms with E-state index in [1.807, 2.05) is 33.4 Å². The highest BCUT2D eigenvalue weighted by Crippen LogP contribution is 2.47. The van der Waals surface area contributed by atoms with E-state index in [1.165, 1.54) is 24.3 Å². The van der Waals surface area contributed by atoms with E-state index in [1.54, 1.807) is 24.8 Å². The van der Waals surface area contributed by atoms with Gasteiger partial charge in [-0.25, -0.2) is 0 Å². The van der Waals surface area contributed by atoms with Gasteiger partial charge in [-0.2, -0.15) is 26.3 Å². The Kier molecular flexibility index (Phi) is 5.60. The van der Waals surface area contributed by atoms with Gasteiger partial charge in [0.05, 0.1) is 33.2 Å². The maximum Gasteiger partial charge on any atom is 0.416 e. The third-order valence-corrected chi connectivity index (χ3v) is 9.86. The van der Waals surface area contributed by atoms with Crippen LogP contribution in [0.15, 0.2) is 122 Å². The molecule has 0 aliphatic carbocycles. The number of halogens is 6. The van der Waals surface area contributed by atoms with Crippen molar-refractivity contribution in [3.05, 3.63) is 133 Å². The second-order valence-corrected chi connectivity index (χ2v) is 12.5. The smallest absolute Gasteiger partial charge is 0.309 e. The number of benzene rings is 6. The minimum Gasteiger partial charge on any atom is -0.309 e. The van der Waals surface area contributed by atoms with Gasteiger partial charge in [-0.15, -0.1) is 0 Å². The van der Waals surface area contributed by atoms with E-state index in [0.29, 0.717) is 11.4 Å². The zero-order chi connectivity index (χ0) is 34.1. The summed E-state index contributed by atoms with van der Waals surface area (Å²) >= 11 is 0. The van der Waals surface area contributed by atoms with Crippen molar-refractivity contribution >= 4 is 75.9 Å². The lowest BCUT2D eigenvalue weighted by molar-refractivity contribution is -0.138. The molecule has 0 amide bonds. The topological polar surface area (TPSA) is 35.6 Å². The van der Waals surface area contributed by atoms with Crippen LogP contribution in [0.3, 0.4) is 0 Å². The molecule has 0 aliphatic rings. The summed E-state index contributed by atoms with van der Waals surface area (Å²) in [6, 6.07) is 26.5. The first-order chi connectivity index (χ1) is 24.1. The van der Waals surface area contributed by atoms with Gasteiger partial charge in [-0.1, -0.05) is 24.3 Å². The van der Waals surface area contributed by atoms with Crippen molar-refractivity contribution in [3.63, 3.8) is 0 Å². The highest BCUT2D eigenvalue weighted by atomic mass is 19.4. The average molecular weight is 671 g/mol. The fraction of sp³-hybridized carbons (Fsp3) is 0.0500. The number of hydrogen-bond acceptors (Lipinski definition) is 2. The summed E-state index contributed by atoms with van der Waals surface area (Å²) in [5, 5.41) is 9.53. The number of pyridine rings is 2. The highest BCUT2D eigenvalue weighted by molar-refractivity contribution is 6.37. The molecule has 4 heterocycles. The van der Waals surface area contributed by atoms with Crippen molar-refractivity contribution in [2.45, 2.75) is 12.4 Å². The van der Waals surface area contributed by atoms with Gasteiger partial charge in [0.25, 0.3) is 0 Å². The van der Waals surface area contributed by atoms with Gasteiger partial charge in [-0.05, 0) is 105 Å². The average Bonchev–Trinajstić information content (AvgIpc) is 3.62. The lowest BCUT2D eigenvalue weighted by Gasteiger charge is -2.15. The second kappa shape index (κ2) is 9.72. The Labute approximate surface area is 277 Å². The highest BCUT2D eigenvalue weighted by Gasteiger charge is 2.31. The van der Waals surface area contributed by atoms with E-state index < -0.39 is 23.5 Å².